The van der Waals surface area contributed by atoms with E-state index in [4.69, 9.17) is 5.26 Å². The van der Waals surface area contributed by atoms with Gasteiger partial charge in [-0.1, -0.05) is 20.8 Å². The third kappa shape index (κ3) is 5.35. The highest BCUT2D eigenvalue weighted by Crippen LogP contribution is 2.30. The standard InChI is InChI=1S/C15H19F3N4O2S/c1-10(14(2,3)4)21-13(20-9-19)22-11-5-7-12(8-6-11)25(23,24)15(16,17)18/h5-8,10H,1-4H3,(H2,20,21,22). The van der Waals surface area contributed by atoms with Crippen LogP contribution >= 0.6 is 0 Å². The molecular formula is C15H19F3N4O2S. The molecule has 0 aliphatic heterocycles. The van der Waals surface area contributed by atoms with E-state index >= 15 is 0 Å². The smallest absolute Gasteiger partial charge is 0.326 e. The molecule has 0 aromatic heterocycles. The first kappa shape index (κ1) is 20.8. The van der Waals surface area contributed by atoms with E-state index in [1.54, 1.807) is 6.19 Å². The maximum atomic E-state index is 12.5. The molecule has 1 aromatic carbocycles. The molecule has 0 spiro atoms. The Hall–Kier alpha value is -2.28. The zero-order valence-electron chi connectivity index (χ0n) is 14.1. The number of guanidine groups is 1. The van der Waals surface area contributed by atoms with Crippen LogP contribution < -0.4 is 10.6 Å². The van der Waals surface area contributed by atoms with Crippen molar-refractivity contribution in [3.8, 4) is 6.19 Å². The summed E-state index contributed by atoms with van der Waals surface area (Å²) in [5, 5.41) is 13.9. The monoisotopic (exact) mass is 376 g/mol. The molecule has 0 saturated carbocycles. The number of nitriles is 1. The fraction of sp³-hybridized carbons (Fsp3) is 0.467. The van der Waals surface area contributed by atoms with Gasteiger partial charge < -0.3 is 5.32 Å². The molecule has 0 fully saturated rings. The first-order chi connectivity index (χ1) is 11.3. The fourth-order valence-corrected chi connectivity index (χ4v) is 2.29. The van der Waals surface area contributed by atoms with Crippen LogP contribution in [0, 0.1) is 16.9 Å². The maximum absolute atomic E-state index is 12.5. The number of anilines is 1. The van der Waals surface area contributed by atoms with Crippen molar-refractivity contribution in [2.24, 2.45) is 10.4 Å². The minimum absolute atomic E-state index is 0.108. The Morgan fingerprint density at radius 2 is 1.72 bits per heavy atom. The molecule has 1 unspecified atom stereocenters. The zero-order chi connectivity index (χ0) is 19.5. The molecule has 0 heterocycles. The Labute approximate surface area is 144 Å². The summed E-state index contributed by atoms with van der Waals surface area (Å²) in [6.45, 7) is 7.73. The van der Waals surface area contributed by atoms with Gasteiger partial charge >= 0.3 is 5.51 Å². The summed E-state index contributed by atoms with van der Waals surface area (Å²) in [5.41, 5.74) is -5.25. The van der Waals surface area contributed by atoms with Crippen LogP contribution in [0.1, 0.15) is 27.7 Å². The van der Waals surface area contributed by atoms with Gasteiger partial charge in [-0.05, 0) is 36.6 Å². The molecule has 0 saturated heterocycles. The number of sulfone groups is 1. The van der Waals surface area contributed by atoms with Crippen LogP contribution in [-0.4, -0.2) is 25.9 Å². The van der Waals surface area contributed by atoms with Gasteiger partial charge in [0.05, 0.1) is 10.9 Å². The molecule has 6 nitrogen and oxygen atoms in total. The molecule has 0 amide bonds. The summed E-state index contributed by atoms with van der Waals surface area (Å²) in [6, 6.07) is 3.83. The van der Waals surface area contributed by atoms with Crippen molar-refractivity contribution in [3.63, 3.8) is 0 Å². The van der Waals surface area contributed by atoms with Crippen LogP contribution in [0.4, 0.5) is 18.9 Å². The minimum Gasteiger partial charge on any atom is -0.326 e. The van der Waals surface area contributed by atoms with E-state index in [0.717, 1.165) is 24.3 Å². The Kier molecular flexibility index (Phi) is 6.07. The fourth-order valence-electron chi connectivity index (χ4n) is 1.52. The average molecular weight is 376 g/mol. The Morgan fingerprint density at radius 1 is 1.20 bits per heavy atom. The van der Waals surface area contributed by atoms with Gasteiger partial charge in [-0.3, -0.25) is 5.32 Å². The number of aliphatic imine (C=N–C) groups is 1. The normalized spacial score (nSPS) is 14.6. The SMILES string of the molecule is CC(N=C(NC#N)Nc1ccc(S(=O)(=O)C(F)(F)F)cc1)C(C)(C)C. The summed E-state index contributed by atoms with van der Waals surface area (Å²) in [7, 11) is -5.40. The van der Waals surface area contributed by atoms with Gasteiger partial charge in [-0.2, -0.15) is 18.4 Å². The number of nitrogens with zero attached hydrogens (tertiary/aromatic N) is 2. The predicted octanol–water partition coefficient (Wildman–Crippen LogP) is 3.25. The summed E-state index contributed by atoms with van der Waals surface area (Å²) in [6.07, 6.45) is 1.71. The summed E-state index contributed by atoms with van der Waals surface area (Å²) in [4.78, 5) is 3.46. The van der Waals surface area contributed by atoms with Crippen molar-refractivity contribution in [1.29, 1.82) is 5.26 Å². The van der Waals surface area contributed by atoms with Gasteiger partial charge in [0.15, 0.2) is 6.19 Å². The van der Waals surface area contributed by atoms with Crippen LogP contribution in [0.2, 0.25) is 0 Å². The van der Waals surface area contributed by atoms with Gasteiger partial charge in [0.2, 0.25) is 5.96 Å². The van der Waals surface area contributed by atoms with E-state index in [9.17, 15) is 21.6 Å². The molecule has 10 heteroatoms. The highest BCUT2D eigenvalue weighted by atomic mass is 32.2. The van der Waals surface area contributed by atoms with Gasteiger partial charge in [0, 0.05) is 5.69 Å². The van der Waals surface area contributed by atoms with E-state index in [1.807, 2.05) is 27.7 Å². The molecule has 1 rings (SSSR count). The van der Waals surface area contributed by atoms with Crippen molar-refractivity contribution in [3.05, 3.63) is 24.3 Å². The molecule has 0 bridgehead atoms. The topological polar surface area (TPSA) is 94.3 Å². The molecule has 1 atom stereocenters. The molecule has 0 aliphatic carbocycles. The first-order valence-electron chi connectivity index (χ1n) is 7.20. The Bertz CT molecular complexity index is 773. The van der Waals surface area contributed by atoms with E-state index in [2.05, 4.69) is 15.6 Å². The van der Waals surface area contributed by atoms with Crippen molar-refractivity contribution in [1.82, 2.24) is 5.32 Å². The molecular weight excluding hydrogens is 357 g/mol. The van der Waals surface area contributed by atoms with Crippen LogP contribution in [-0.2, 0) is 9.84 Å². The lowest BCUT2D eigenvalue weighted by molar-refractivity contribution is -0.0436. The molecule has 0 radical (unpaired) electrons. The lowest BCUT2D eigenvalue weighted by Gasteiger charge is -2.24. The van der Waals surface area contributed by atoms with E-state index in [-0.39, 0.29) is 23.1 Å². The maximum Gasteiger partial charge on any atom is 0.501 e. The lowest BCUT2D eigenvalue weighted by Crippen LogP contribution is -2.31. The predicted molar refractivity (Wildman–Crippen MR) is 88.4 cm³/mol. The molecule has 0 aliphatic rings. The number of rotatable bonds is 3. The van der Waals surface area contributed by atoms with Crippen LogP contribution in [0.3, 0.4) is 0 Å². The third-order valence-corrected chi connectivity index (χ3v) is 4.98. The molecule has 2 N–H and O–H groups in total. The Morgan fingerprint density at radius 3 is 2.12 bits per heavy atom. The number of halogens is 3. The highest BCUT2D eigenvalue weighted by molar-refractivity contribution is 7.92. The van der Waals surface area contributed by atoms with Crippen molar-refractivity contribution in [2.75, 3.05) is 5.32 Å². The minimum atomic E-state index is -5.40. The van der Waals surface area contributed by atoms with Crippen LogP contribution in [0.25, 0.3) is 0 Å². The second-order valence-electron chi connectivity index (χ2n) is 6.36. The second-order valence-corrected chi connectivity index (χ2v) is 8.30. The highest BCUT2D eigenvalue weighted by Gasteiger charge is 2.46. The van der Waals surface area contributed by atoms with Gasteiger partial charge in [0.25, 0.3) is 9.84 Å². The zero-order valence-corrected chi connectivity index (χ0v) is 15.0. The van der Waals surface area contributed by atoms with E-state index < -0.39 is 20.2 Å². The van der Waals surface area contributed by atoms with E-state index in [0.29, 0.717) is 0 Å². The van der Waals surface area contributed by atoms with Crippen molar-refractivity contribution >= 4 is 21.5 Å². The largest absolute Gasteiger partial charge is 0.501 e. The number of alkyl halides is 3. The van der Waals surface area contributed by atoms with E-state index in [1.165, 1.54) is 0 Å². The van der Waals surface area contributed by atoms with Gasteiger partial charge in [-0.25, -0.2) is 13.4 Å². The van der Waals surface area contributed by atoms with Crippen molar-refractivity contribution in [2.45, 2.75) is 44.1 Å². The second kappa shape index (κ2) is 7.31. The summed E-state index contributed by atoms with van der Waals surface area (Å²) < 4.78 is 60.2. The number of hydrogen-bond donors (Lipinski definition) is 2. The van der Waals surface area contributed by atoms with Crippen molar-refractivity contribution < 1.29 is 21.6 Å². The Balaban J connectivity index is 3.06. The average Bonchev–Trinajstić information content (AvgIpc) is 2.45. The van der Waals surface area contributed by atoms with Crippen LogP contribution in [0.5, 0.6) is 0 Å². The van der Waals surface area contributed by atoms with Crippen LogP contribution in [0.15, 0.2) is 34.2 Å². The number of nitrogens with one attached hydrogen (secondary N) is 2. The third-order valence-electron chi connectivity index (χ3n) is 3.48. The first-order valence-corrected chi connectivity index (χ1v) is 8.68. The quantitative estimate of drug-likeness (QED) is 0.365. The lowest BCUT2D eigenvalue weighted by atomic mass is 9.88. The number of benzene rings is 1. The number of hydrogen-bond acceptors (Lipinski definition) is 4. The molecule has 138 valence electrons. The molecule has 25 heavy (non-hydrogen) atoms. The summed E-state index contributed by atoms with van der Waals surface area (Å²) >= 11 is 0. The molecule has 1 aromatic rings. The van der Waals surface area contributed by atoms with Gasteiger partial charge in [0.1, 0.15) is 0 Å². The summed E-state index contributed by atoms with van der Waals surface area (Å²) in [5.74, 6) is 0.108. The van der Waals surface area contributed by atoms with Gasteiger partial charge in [-0.15, -0.1) is 0 Å².